The molecule has 0 bridgehead atoms. The van der Waals surface area contributed by atoms with Gasteiger partial charge >= 0.3 is 0 Å². The maximum atomic E-state index is 12.7. The van der Waals surface area contributed by atoms with Crippen LogP contribution in [0.2, 0.25) is 0 Å². The zero-order valence-electron chi connectivity index (χ0n) is 15.9. The molecule has 2 N–H and O–H groups in total. The van der Waals surface area contributed by atoms with Crippen LogP contribution in [0.25, 0.3) is 10.9 Å². The minimum Gasteiger partial charge on any atom is -0.351 e. The van der Waals surface area contributed by atoms with Crippen molar-refractivity contribution in [1.82, 2.24) is 14.6 Å². The van der Waals surface area contributed by atoms with Crippen molar-refractivity contribution in [3.63, 3.8) is 0 Å². The van der Waals surface area contributed by atoms with Crippen molar-refractivity contribution >= 4 is 26.8 Å². The van der Waals surface area contributed by atoms with Crippen molar-refractivity contribution in [3.8, 4) is 0 Å². The van der Waals surface area contributed by atoms with E-state index in [0.717, 1.165) is 29.6 Å². The quantitative estimate of drug-likeness (QED) is 0.602. The first kappa shape index (κ1) is 19.4. The molecule has 8 heteroatoms. The average molecular weight is 411 g/mol. The van der Waals surface area contributed by atoms with E-state index in [2.05, 4.69) is 10.0 Å². The number of aromatic nitrogens is 1. The summed E-state index contributed by atoms with van der Waals surface area (Å²) in [4.78, 5) is 25.4. The molecule has 1 amide bonds. The highest BCUT2D eigenvalue weighted by molar-refractivity contribution is 7.89. The SMILES string of the molecule is Cc1ccc(S(=O)(=O)NCCNC(=O)c2cn3c4c(cccc4c2=O)CC3)cc1. The summed E-state index contributed by atoms with van der Waals surface area (Å²) in [6.45, 7) is 2.70. The number of hydrogen-bond donors (Lipinski definition) is 2. The van der Waals surface area contributed by atoms with E-state index in [4.69, 9.17) is 0 Å². The Bertz CT molecular complexity index is 1260. The number of carbonyl (C=O) groups excluding carboxylic acids is 1. The number of hydrogen-bond acceptors (Lipinski definition) is 4. The van der Waals surface area contributed by atoms with Crippen molar-refractivity contribution in [2.75, 3.05) is 13.1 Å². The lowest BCUT2D eigenvalue weighted by molar-refractivity contribution is 0.0952. The number of amides is 1. The van der Waals surface area contributed by atoms with Crippen LogP contribution in [0.4, 0.5) is 0 Å². The third-order valence-electron chi connectivity index (χ3n) is 5.08. The predicted molar refractivity (Wildman–Crippen MR) is 111 cm³/mol. The van der Waals surface area contributed by atoms with Crippen LogP contribution in [0, 0.1) is 6.92 Å². The Labute approximate surface area is 168 Å². The van der Waals surface area contributed by atoms with Gasteiger partial charge in [0.2, 0.25) is 15.5 Å². The fourth-order valence-electron chi connectivity index (χ4n) is 3.58. The summed E-state index contributed by atoms with van der Waals surface area (Å²) in [6.07, 6.45) is 2.43. The first-order valence-electron chi connectivity index (χ1n) is 9.36. The number of rotatable bonds is 6. The second-order valence-electron chi connectivity index (χ2n) is 7.10. The molecule has 0 aliphatic carbocycles. The average Bonchev–Trinajstić information content (AvgIpc) is 3.12. The van der Waals surface area contributed by atoms with Crippen LogP contribution in [0.1, 0.15) is 21.5 Å². The summed E-state index contributed by atoms with van der Waals surface area (Å²) in [6, 6.07) is 12.1. The van der Waals surface area contributed by atoms with Crippen molar-refractivity contribution < 1.29 is 13.2 Å². The lowest BCUT2D eigenvalue weighted by Gasteiger charge is -2.10. The van der Waals surface area contributed by atoms with Gasteiger partial charge in [0.15, 0.2) is 0 Å². The Morgan fingerprint density at radius 3 is 2.62 bits per heavy atom. The van der Waals surface area contributed by atoms with Gasteiger partial charge in [-0.2, -0.15) is 0 Å². The van der Waals surface area contributed by atoms with Crippen LogP contribution >= 0.6 is 0 Å². The molecule has 1 aliphatic heterocycles. The van der Waals surface area contributed by atoms with Crippen LogP contribution in [0.3, 0.4) is 0 Å². The van der Waals surface area contributed by atoms with Crippen molar-refractivity contribution in [3.05, 3.63) is 75.6 Å². The van der Waals surface area contributed by atoms with Gasteiger partial charge < -0.3 is 9.88 Å². The van der Waals surface area contributed by atoms with Gasteiger partial charge in [-0.1, -0.05) is 29.8 Å². The highest BCUT2D eigenvalue weighted by Crippen LogP contribution is 2.23. The van der Waals surface area contributed by atoms with E-state index in [1.54, 1.807) is 24.4 Å². The van der Waals surface area contributed by atoms with Crippen molar-refractivity contribution in [2.45, 2.75) is 24.8 Å². The Hall–Kier alpha value is -2.97. The Kier molecular flexibility index (Phi) is 4.97. The Balaban J connectivity index is 1.43. The fourth-order valence-corrected chi connectivity index (χ4v) is 4.61. The van der Waals surface area contributed by atoms with Gasteiger partial charge in [0.25, 0.3) is 5.91 Å². The van der Waals surface area contributed by atoms with Gasteiger partial charge in [-0.05, 0) is 37.1 Å². The molecule has 150 valence electrons. The van der Waals surface area contributed by atoms with E-state index in [1.807, 2.05) is 23.6 Å². The summed E-state index contributed by atoms with van der Waals surface area (Å²) < 4.78 is 28.9. The topological polar surface area (TPSA) is 97.3 Å². The summed E-state index contributed by atoms with van der Waals surface area (Å²) in [5, 5.41) is 3.16. The van der Waals surface area contributed by atoms with Crippen LogP contribution in [-0.4, -0.2) is 32.0 Å². The molecule has 0 fully saturated rings. The van der Waals surface area contributed by atoms with E-state index in [-0.39, 0.29) is 29.0 Å². The van der Waals surface area contributed by atoms with Gasteiger partial charge in [0.05, 0.1) is 10.4 Å². The molecule has 0 atom stereocenters. The van der Waals surface area contributed by atoms with Crippen LogP contribution in [-0.2, 0) is 23.0 Å². The number of benzene rings is 2. The highest BCUT2D eigenvalue weighted by Gasteiger charge is 2.20. The van der Waals surface area contributed by atoms with Crippen molar-refractivity contribution in [1.29, 1.82) is 0 Å². The number of sulfonamides is 1. The normalized spacial score (nSPS) is 13.0. The van der Waals surface area contributed by atoms with Crippen LogP contribution in [0.15, 0.2) is 58.4 Å². The van der Waals surface area contributed by atoms with E-state index in [1.165, 1.54) is 12.1 Å². The maximum absolute atomic E-state index is 12.7. The van der Waals surface area contributed by atoms with E-state index < -0.39 is 15.9 Å². The zero-order chi connectivity index (χ0) is 20.6. The van der Waals surface area contributed by atoms with Crippen LogP contribution in [0.5, 0.6) is 0 Å². The van der Waals surface area contributed by atoms with E-state index in [0.29, 0.717) is 5.39 Å². The molecule has 3 aromatic rings. The predicted octanol–water partition coefficient (Wildman–Crippen LogP) is 1.57. The first-order valence-corrected chi connectivity index (χ1v) is 10.8. The number of nitrogens with zero attached hydrogens (tertiary/aromatic N) is 1. The minimum absolute atomic E-state index is 0.0217. The smallest absolute Gasteiger partial charge is 0.256 e. The largest absolute Gasteiger partial charge is 0.351 e. The van der Waals surface area contributed by atoms with Gasteiger partial charge in [0.1, 0.15) is 5.56 Å². The third-order valence-corrected chi connectivity index (χ3v) is 6.56. The lowest BCUT2D eigenvalue weighted by Crippen LogP contribution is -2.36. The van der Waals surface area contributed by atoms with E-state index in [9.17, 15) is 18.0 Å². The summed E-state index contributed by atoms with van der Waals surface area (Å²) in [5.74, 6) is -0.507. The molecule has 7 nitrogen and oxygen atoms in total. The second kappa shape index (κ2) is 7.46. The molecule has 0 saturated heterocycles. The summed E-state index contributed by atoms with van der Waals surface area (Å²) in [5.41, 5.74) is 2.72. The molecule has 0 saturated carbocycles. The molecule has 0 radical (unpaired) electrons. The number of nitrogens with one attached hydrogen (secondary N) is 2. The standard InChI is InChI=1S/C21H21N3O4S/c1-14-5-7-16(8-6-14)29(27,28)23-11-10-22-21(26)18-13-24-12-9-15-3-2-4-17(19(15)24)20(18)25/h2-8,13,23H,9-12H2,1H3,(H,22,26). The van der Waals surface area contributed by atoms with Gasteiger partial charge in [-0.15, -0.1) is 0 Å². The summed E-state index contributed by atoms with van der Waals surface area (Å²) in [7, 11) is -3.65. The zero-order valence-corrected chi connectivity index (χ0v) is 16.8. The van der Waals surface area contributed by atoms with E-state index >= 15 is 0 Å². The van der Waals surface area contributed by atoms with Gasteiger partial charge in [-0.3, -0.25) is 9.59 Å². The lowest BCUT2D eigenvalue weighted by atomic mass is 10.1. The molecular formula is C21H21N3O4S. The number of aryl methyl sites for hydroxylation is 3. The highest BCUT2D eigenvalue weighted by atomic mass is 32.2. The molecular weight excluding hydrogens is 390 g/mol. The molecule has 0 unspecified atom stereocenters. The maximum Gasteiger partial charge on any atom is 0.256 e. The Morgan fingerprint density at radius 2 is 1.86 bits per heavy atom. The molecule has 2 aromatic carbocycles. The first-order chi connectivity index (χ1) is 13.9. The number of para-hydroxylation sites is 1. The Morgan fingerprint density at radius 1 is 1.10 bits per heavy atom. The number of pyridine rings is 1. The second-order valence-corrected chi connectivity index (χ2v) is 8.86. The molecule has 4 rings (SSSR count). The summed E-state index contributed by atoms with van der Waals surface area (Å²) >= 11 is 0. The monoisotopic (exact) mass is 411 g/mol. The molecule has 2 heterocycles. The molecule has 0 spiro atoms. The van der Waals surface area contributed by atoms with Crippen LogP contribution < -0.4 is 15.5 Å². The van der Waals surface area contributed by atoms with Gasteiger partial charge in [0, 0.05) is 31.2 Å². The van der Waals surface area contributed by atoms with Crippen molar-refractivity contribution in [2.24, 2.45) is 0 Å². The third kappa shape index (κ3) is 3.68. The number of carbonyl (C=O) groups is 1. The fraction of sp³-hybridized carbons (Fsp3) is 0.238. The van der Waals surface area contributed by atoms with Gasteiger partial charge in [-0.25, -0.2) is 13.1 Å². The minimum atomic E-state index is -3.65. The molecule has 1 aliphatic rings. The molecule has 1 aromatic heterocycles. The molecule has 29 heavy (non-hydrogen) atoms.